The van der Waals surface area contributed by atoms with Gasteiger partial charge in [0.1, 0.15) is 11.7 Å². The number of sulfonamides is 1. The molecule has 44 heavy (non-hydrogen) atoms. The lowest BCUT2D eigenvalue weighted by Crippen LogP contribution is -2.43. The number of unbranched alkanes of at least 4 members (excludes halogenated alkanes) is 1. The van der Waals surface area contributed by atoms with Crippen LogP contribution in [0.1, 0.15) is 40.9 Å². The van der Waals surface area contributed by atoms with Crippen LogP contribution in [0.2, 0.25) is 0 Å². The van der Waals surface area contributed by atoms with Crippen molar-refractivity contribution >= 4 is 33.2 Å². The molecule has 0 unspecified atom stereocenters. The number of ether oxygens (including phenoxy) is 1. The Balaban J connectivity index is 1.36. The molecule has 1 aliphatic heterocycles. The zero-order valence-electron chi connectivity index (χ0n) is 24.1. The van der Waals surface area contributed by atoms with E-state index in [-0.39, 0.29) is 23.6 Å². The number of hydrogen-bond acceptors (Lipinski definition) is 7. The first kappa shape index (κ1) is 32.9. The molecule has 1 aromatic heterocycles. The van der Waals surface area contributed by atoms with Crippen LogP contribution in [0.15, 0.2) is 71.8 Å². The fraction of sp³-hybridized carbons (Fsp3) is 0.367. The third-order valence-electron chi connectivity index (χ3n) is 6.98. The Morgan fingerprint density at radius 1 is 0.977 bits per heavy atom. The van der Waals surface area contributed by atoms with E-state index in [0.29, 0.717) is 37.9 Å². The van der Waals surface area contributed by atoms with Gasteiger partial charge in [0.25, 0.3) is 5.91 Å². The van der Waals surface area contributed by atoms with Gasteiger partial charge in [-0.25, -0.2) is 8.42 Å². The number of alkyl halides is 3. The summed E-state index contributed by atoms with van der Waals surface area (Å²) >= 11 is 0. The van der Waals surface area contributed by atoms with Gasteiger partial charge in [-0.15, -0.1) is 0 Å². The Bertz CT molecular complexity index is 1510. The lowest BCUT2D eigenvalue weighted by atomic mass is 10.1. The van der Waals surface area contributed by atoms with E-state index in [4.69, 9.17) is 4.74 Å². The maximum Gasteiger partial charge on any atom is 0.417 e. The maximum atomic E-state index is 13.3. The second-order valence-electron chi connectivity index (χ2n) is 10.3. The molecule has 3 aromatic rings. The van der Waals surface area contributed by atoms with Gasteiger partial charge >= 0.3 is 6.18 Å². The van der Waals surface area contributed by atoms with Crippen molar-refractivity contribution in [2.75, 3.05) is 43.1 Å². The fourth-order valence-corrected chi connectivity index (χ4v) is 5.71. The number of aromatic nitrogens is 1. The summed E-state index contributed by atoms with van der Waals surface area (Å²) in [5, 5.41) is 5.36. The highest BCUT2D eigenvalue weighted by Gasteiger charge is 2.31. The lowest BCUT2D eigenvalue weighted by molar-refractivity contribution is -0.137. The molecule has 10 nitrogen and oxygen atoms in total. The van der Waals surface area contributed by atoms with Crippen LogP contribution in [-0.4, -0.2) is 64.1 Å². The van der Waals surface area contributed by atoms with Crippen molar-refractivity contribution in [1.82, 2.24) is 15.0 Å². The first-order valence-electron chi connectivity index (χ1n) is 14.1. The van der Waals surface area contributed by atoms with Crippen LogP contribution in [0.25, 0.3) is 0 Å². The third-order valence-corrected chi connectivity index (χ3v) is 8.47. The van der Waals surface area contributed by atoms with Gasteiger partial charge in [-0.2, -0.15) is 17.9 Å². The molecule has 1 atom stereocenters. The van der Waals surface area contributed by atoms with Crippen LogP contribution in [0.3, 0.4) is 0 Å². The highest BCUT2D eigenvalue weighted by Crippen LogP contribution is 2.28. The Kier molecular flexibility index (Phi) is 10.9. The predicted molar refractivity (Wildman–Crippen MR) is 159 cm³/mol. The number of morpholine rings is 1. The average Bonchev–Trinajstić information content (AvgIpc) is 3.01. The van der Waals surface area contributed by atoms with E-state index in [1.54, 1.807) is 24.3 Å². The minimum absolute atomic E-state index is 0.0204. The summed E-state index contributed by atoms with van der Waals surface area (Å²) in [4.78, 5) is 31.3. The minimum Gasteiger partial charge on any atom is -0.378 e. The molecule has 4 rings (SSSR count). The summed E-state index contributed by atoms with van der Waals surface area (Å²) in [5.41, 5.74) is 1.24. The van der Waals surface area contributed by atoms with Crippen molar-refractivity contribution in [3.05, 3.63) is 83.7 Å². The van der Waals surface area contributed by atoms with Crippen molar-refractivity contribution in [1.29, 1.82) is 0 Å². The first-order chi connectivity index (χ1) is 20.9. The summed E-state index contributed by atoms with van der Waals surface area (Å²) in [7, 11) is -4.03. The van der Waals surface area contributed by atoms with Crippen LogP contribution in [0.5, 0.6) is 0 Å². The second kappa shape index (κ2) is 14.6. The van der Waals surface area contributed by atoms with Crippen molar-refractivity contribution in [3.8, 4) is 0 Å². The number of hydrogen-bond donors (Lipinski definition) is 3. The SMILES string of the molecule is Cc1ccc(S(=O)(=O)N[C@@H](CCCCNC(=O)c2ccc(C(F)(F)F)cn2)C(=O)Nc2ccc(N3CCOCC3)cc2)cc1. The summed E-state index contributed by atoms with van der Waals surface area (Å²) < 4.78 is 72.3. The molecule has 0 bridgehead atoms. The molecule has 0 aliphatic carbocycles. The molecule has 14 heteroatoms. The second-order valence-corrected chi connectivity index (χ2v) is 12.0. The predicted octanol–water partition coefficient (Wildman–Crippen LogP) is 4.13. The van der Waals surface area contributed by atoms with E-state index in [2.05, 4.69) is 25.2 Å². The van der Waals surface area contributed by atoms with Gasteiger partial charge in [-0.3, -0.25) is 14.6 Å². The summed E-state index contributed by atoms with van der Waals surface area (Å²) in [6.07, 6.45) is -3.12. The Morgan fingerprint density at radius 3 is 2.27 bits per heavy atom. The Morgan fingerprint density at radius 2 is 1.66 bits per heavy atom. The molecule has 2 amide bonds. The van der Waals surface area contributed by atoms with E-state index in [1.807, 2.05) is 19.1 Å². The first-order valence-corrected chi connectivity index (χ1v) is 15.5. The standard InChI is InChI=1S/C30H34F3N5O5S/c1-21-5-12-25(13-6-21)44(41,42)37-27(29(40)36-23-8-10-24(11-9-23)38-16-18-43-19-17-38)4-2-3-15-34-28(39)26-14-7-22(20-35-26)30(31,32)33/h5-14,20,27,37H,2-4,15-19H2,1H3,(H,34,39)(H,36,40)/t27-/m0/s1. The van der Waals surface area contributed by atoms with Gasteiger partial charge < -0.3 is 20.3 Å². The minimum atomic E-state index is -4.56. The van der Waals surface area contributed by atoms with Crippen LogP contribution >= 0.6 is 0 Å². The van der Waals surface area contributed by atoms with Crippen molar-refractivity contribution in [2.24, 2.45) is 0 Å². The molecule has 1 fully saturated rings. The topological polar surface area (TPSA) is 130 Å². The van der Waals surface area contributed by atoms with Gasteiger partial charge in [0.05, 0.1) is 23.7 Å². The molecule has 1 aliphatic rings. The number of amides is 2. The largest absolute Gasteiger partial charge is 0.417 e. The average molecular weight is 634 g/mol. The third kappa shape index (κ3) is 9.24. The summed E-state index contributed by atoms with van der Waals surface area (Å²) in [6.45, 7) is 4.76. The number of halogens is 3. The zero-order valence-corrected chi connectivity index (χ0v) is 24.9. The van der Waals surface area contributed by atoms with Crippen LogP contribution < -0.4 is 20.3 Å². The highest BCUT2D eigenvalue weighted by molar-refractivity contribution is 7.89. The van der Waals surface area contributed by atoms with Crippen LogP contribution in [0.4, 0.5) is 24.5 Å². The van der Waals surface area contributed by atoms with Crippen LogP contribution in [-0.2, 0) is 25.7 Å². The summed E-state index contributed by atoms with van der Waals surface area (Å²) in [6, 6.07) is 14.1. The molecule has 1 saturated heterocycles. The van der Waals surface area contributed by atoms with Gasteiger partial charge in [0.15, 0.2) is 0 Å². The van der Waals surface area contributed by atoms with Gasteiger partial charge in [-0.05, 0) is 74.7 Å². The van der Waals surface area contributed by atoms with Crippen molar-refractivity contribution in [2.45, 2.75) is 43.3 Å². The number of nitrogens with zero attached hydrogens (tertiary/aromatic N) is 2. The van der Waals surface area contributed by atoms with E-state index in [0.717, 1.165) is 36.5 Å². The van der Waals surface area contributed by atoms with E-state index >= 15 is 0 Å². The molecule has 2 aromatic carbocycles. The van der Waals surface area contributed by atoms with Gasteiger partial charge in [0, 0.05) is 37.2 Å². The van der Waals surface area contributed by atoms with E-state index in [9.17, 15) is 31.2 Å². The monoisotopic (exact) mass is 633 g/mol. The smallest absolute Gasteiger partial charge is 0.378 e. The fourth-order valence-electron chi connectivity index (χ4n) is 4.48. The zero-order chi connectivity index (χ0) is 31.7. The van der Waals surface area contributed by atoms with Gasteiger partial charge in [-0.1, -0.05) is 17.7 Å². The lowest BCUT2D eigenvalue weighted by Gasteiger charge is -2.29. The molecule has 0 saturated carbocycles. The normalized spacial score (nSPS) is 14.6. The number of aryl methyl sites for hydroxylation is 1. The van der Waals surface area contributed by atoms with Crippen molar-refractivity contribution in [3.63, 3.8) is 0 Å². The number of carbonyl (C=O) groups excluding carboxylic acids is 2. The number of benzene rings is 2. The van der Waals surface area contributed by atoms with E-state index in [1.165, 1.54) is 12.1 Å². The molecule has 0 radical (unpaired) electrons. The molecule has 0 spiro atoms. The maximum absolute atomic E-state index is 13.3. The molecule has 2 heterocycles. The van der Waals surface area contributed by atoms with E-state index < -0.39 is 39.6 Å². The number of rotatable bonds is 12. The molecule has 236 valence electrons. The van der Waals surface area contributed by atoms with Gasteiger partial charge in [0.2, 0.25) is 15.9 Å². The highest BCUT2D eigenvalue weighted by atomic mass is 32.2. The Hall–Kier alpha value is -4.01. The molecular formula is C30H34F3N5O5S. The molecule has 3 N–H and O–H groups in total. The number of carbonyl (C=O) groups is 2. The Labute approximate surface area is 254 Å². The summed E-state index contributed by atoms with van der Waals surface area (Å²) in [5.74, 6) is -1.19. The number of pyridine rings is 1. The van der Waals surface area contributed by atoms with Crippen LogP contribution in [0, 0.1) is 6.92 Å². The molecular weight excluding hydrogens is 599 g/mol. The quantitative estimate of drug-likeness (QED) is 0.256. The van der Waals surface area contributed by atoms with Crippen molar-refractivity contribution < 1.29 is 35.9 Å². The number of anilines is 2. The number of nitrogens with one attached hydrogen (secondary N) is 3.